The van der Waals surface area contributed by atoms with Crippen molar-refractivity contribution < 1.29 is 24.0 Å². The summed E-state index contributed by atoms with van der Waals surface area (Å²) in [4.78, 5) is 35.9. The molecule has 1 aliphatic carbocycles. The molecule has 0 bridgehead atoms. The van der Waals surface area contributed by atoms with Crippen molar-refractivity contribution in [3.8, 4) is 5.75 Å². The van der Waals surface area contributed by atoms with Gasteiger partial charge >= 0.3 is 5.97 Å². The summed E-state index contributed by atoms with van der Waals surface area (Å²) >= 11 is 0. The predicted molar refractivity (Wildman–Crippen MR) is 111 cm³/mol. The average molecular weight is 412 g/mol. The molecule has 30 heavy (non-hydrogen) atoms. The predicted octanol–water partition coefficient (Wildman–Crippen LogP) is 4.23. The molecule has 0 radical (unpaired) electrons. The van der Waals surface area contributed by atoms with Crippen LogP contribution in [-0.2, 0) is 14.9 Å². The summed E-state index contributed by atoms with van der Waals surface area (Å²) in [5.41, 5.74) is 0.660. The van der Waals surface area contributed by atoms with Crippen LogP contribution in [0.25, 0.3) is 0 Å². The number of nitrogens with one attached hydrogen (secondary N) is 1. The number of methoxy groups -OCH3 is 1. The van der Waals surface area contributed by atoms with Crippen molar-refractivity contribution in [2.45, 2.75) is 38.0 Å². The highest BCUT2D eigenvalue weighted by Crippen LogP contribution is 2.42. The van der Waals surface area contributed by atoms with E-state index >= 15 is 0 Å². The zero-order valence-electron chi connectivity index (χ0n) is 17.0. The molecule has 0 spiro atoms. The Labute approximate surface area is 174 Å². The smallest absolute Gasteiger partial charge is 0.341 e. The van der Waals surface area contributed by atoms with Gasteiger partial charge < -0.3 is 14.8 Å². The summed E-state index contributed by atoms with van der Waals surface area (Å²) in [7, 11) is 1.28. The Morgan fingerprint density at radius 2 is 1.80 bits per heavy atom. The summed E-state index contributed by atoms with van der Waals surface area (Å²) in [6, 6.07) is 11.0. The van der Waals surface area contributed by atoms with Crippen molar-refractivity contribution in [1.29, 1.82) is 0 Å². The Morgan fingerprint density at radius 1 is 1.13 bits per heavy atom. The number of ether oxygens (including phenoxy) is 2. The third-order valence-electron chi connectivity index (χ3n) is 5.47. The van der Waals surface area contributed by atoms with Gasteiger partial charge in [-0.3, -0.25) is 14.9 Å². The van der Waals surface area contributed by atoms with E-state index in [1.54, 1.807) is 24.3 Å². The summed E-state index contributed by atoms with van der Waals surface area (Å²) < 4.78 is 10.3. The van der Waals surface area contributed by atoms with Crippen LogP contribution in [0.1, 0.15) is 48.5 Å². The third-order valence-corrected chi connectivity index (χ3v) is 5.47. The molecule has 1 N–H and O–H groups in total. The molecule has 0 atom stereocenters. The molecule has 0 heterocycles. The van der Waals surface area contributed by atoms with Gasteiger partial charge in [-0.25, -0.2) is 4.79 Å². The van der Waals surface area contributed by atoms with Gasteiger partial charge in [-0.2, -0.15) is 0 Å². The highest BCUT2D eigenvalue weighted by Gasteiger charge is 2.43. The van der Waals surface area contributed by atoms with E-state index < -0.39 is 16.3 Å². The van der Waals surface area contributed by atoms with Gasteiger partial charge in [0.2, 0.25) is 5.91 Å². The van der Waals surface area contributed by atoms with Crippen LogP contribution in [0.3, 0.4) is 0 Å². The molecule has 0 unspecified atom stereocenters. The molecule has 158 valence electrons. The summed E-state index contributed by atoms with van der Waals surface area (Å²) in [5.74, 6) is -0.373. The van der Waals surface area contributed by atoms with Crippen LogP contribution in [0.4, 0.5) is 11.4 Å². The number of nitro benzene ring substituents is 1. The first-order valence-corrected chi connectivity index (χ1v) is 9.83. The monoisotopic (exact) mass is 412 g/mol. The maximum atomic E-state index is 13.3. The van der Waals surface area contributed by atoms with Gasteiger partial charge in [0.15, 0.2) is 0 Å². The maximum Gasteiger partial charge on any atom is 0.341 e. The maximum absolute atomic E-state index is 13.3. The van der Waals surface area contributed by atoms with Gasteiger partial charge in [-0.1, -0.05) is 25.0 Å². The molecular weight excluding hydrogens is 388 g/mol. The fourth-order valence-corrected chi connectivity index (χ4v) is 3.94. The normalized spacial score (nSPS) is 14.7. The summed E-state index contributed by atoms with van der Waals surface area (Å²) in [5, 5.41) is 13.9. The first kappa shape index (κ1) is 21.3. The summed E-state index contributed by atoms with van der Waals surface area (Å²) in [6.07, 6.45) is 3.08. The van der Waals surface area contributed by atoms with Crippen LogP contribution < -0.4 is 10.1 Å². The van der Waals surface area contributed by atoms with Gasteiger partial charge in [0.25, 0.3) is 5.69 Å². The topological polar surface area (TPSA) is 108 Å². The van der Waals surface area contributed by atoms with E-state index in [0.717, 1.165) is 18.4 Å². The number of hydrogen-bond donors (Lipinski definition) is 1. The average Bonchev–Trinajstić information content (AvgIpc) is 3.26. The first-order valence-electron chi connectivity index (χ1n) is 9.83. The number of non-ortho nitro benzene ring substituents is 1. The van der Waals surface area contributed by atoms with Gasteiger partial charge in [0, 0.05) is 17.8 Å². The minimum Gasteiger partial charge on any atom is -0.493 e. The molecule has 0 aromatic heterocycles. The highest BCUT2D eigenvalue weighted by atomic mass is 16.6. The fourth-order valence-electron chi connectivity index (χ4n) is 3.94. The minimum atomic E-state index is -0.765. The number of carbonyl (C=O) groups is 2. The molecule has 0 aliphatic heterocycles. The lowest BCUT2D eigenvalue weighted by Crippen LogP contribution is -2.38. The standard InChI is InChI=1S/C22H24N2O6/c1-3-30-19-11-8-16(14-18(19)20(25)29-2)23-21(26)22(12-4-5-13-22)15-6-9-17(10-7-15)24(27)28/h6-11,14H,3-5,12-13H2,1-2H3,(H,23,26). The molecular formula is C22H24N2O6. The van der Waals surface area contributed by atoms with Crippen molar-refractivity contribution in [1.82, 2.24) is 0 Å². The van der Waals surface area contributed by atoms with E-state index in [4.69, 9.17) is 9.47 Å². The zero-order chi connectivity index (χ0) is 21.7. The lowest BCUT2D eigenvalue weighted by Gasteiger charge is -2.28. The Kier molecular flexibility index (Phi) is 6.34. The van der Waals surface area contributed by atoms with Crippen LogP contribution in [0.2, 0.25) is 0 Å². The second-order valence-corrected chi connectivity index (χ2v) is 7.18. The zero-order valence-corrected chi connectivity index (χ0v) is 17.0. The Bertz CT molecular complexity index is 949. The van der Waals surface area contributed by atoms with E-state index in [-0.39, 0.29) is 17.2 Å². The van der Waals surface area contributed by atoms with E-state index in [1.165, 1.54) is 25.3 Å². The van der Waals surface area contributed by atoms with Crippen molar-refractivity contribution >= 4 is 23.3 Å². The number of hydrogen-bond acceptors (Lipinski definition) is 6. The minimum absolute atomic E-state index is 0.0125. The number of anilines is 1. The Morgan fingerprint density at radius 3 is 2.37 bits per heavy atom. The van der Waals surface area contributed by atoms with Crippen molar-refractivity contribution in [3.63, 3.8) is 0 Å². The van der Waals surface area contributed by atoms with E-state index in [0.29, 0.717) is 30.9 Å². The molecule has 1 aliphatic rings. The van der Waals surface area contributed by atoms with Gasteiger partial charge in [0.1, 0.15) is 11.3 Å². The largest absolute Gasteiger partial charge is 0.493 e. The van der Waals surface area contributed by atoms with Crippen LogP contribution in [0.15, 0.2) is 42.5 Å². The molecule has 8 nitrogen and oxygen atoms in total. The molecule has 8 heteroatoms. The molecule has 0 saturated heterocycles. The van der Waals surface area contributed by atoms with E-state index in [2.05, 4.69) is 5.32 Å². The van der Waals surface area contributed by atoms with Gasteiger partial charge in [-0.15, -0.1) is 0 Å². The quantitative estimate of drug-likeness (QED) is 0.414. The number of nitrogens with zero attached hydrogens (tertiary/aromatic N) is 1. The first-order chi connectivity index (χ1) is 14.4. The fraction of sp³-hybridized carbons (Fsp3) is 0.364. The Balaban J connectivity index is 1.90. The number of benzene rings is 2. The lowest BCUT2D eigenvalue weighted by atomic mass is 9.78. The van der Waals surface area contributed by atoms with Crippen LogP contribution in [-0.4, -0.2) is 30.5 Å². The van der Waals surface area contributed by atoms with Crippen molar-refractivity contribution in [3.05, 3.63) is 63.7 Å². The Hall–Kier alpha value is -3.42. The second kappa shape index (κ2) is 8.94. The number of esters is 1. The molecule has 1 fully saturated rings. The van der Waals surface area contributed by atoms with Crippen LogP contribution in [0.5, 0.6) is 5.75 Å². The second-order valence-electron chi connectivity index (χ2n) is 7.18. The van der Waals surface area contributed by atoms with E-state index in [9.17, 15) is 19.7 Å². The number of nitro groups is 1. The van der Waals surface area contributed by atoms with Gasteiger partial charge in [0.05, 0.1) is 24.1 Å². The van der Waals surface area contributed by atoms with Crippen molar-refractivity contribution in [2.24, 2.45) is 0 Å². The van der Waals surface area contributed by atoms with E-state index in [1.807, 2.05) is 6.92 Å². The molecule has 3 rings (SSSR count). The highest BCUT2D eigenvalue weighted by molar-refractivity contribution is 6.01. The SMILES string of the molecule is CCOc1ccc(NC(=O)C2(c3ccc([N+](=O)[O-])cc3)CCCC2)cc1C(=O)OC. The molecule has 2 aromatic carbocycles. The van der Waals surface area contributed by atoms with Crippen LogP contribution in [0, 0.1) is 10.1 Å². The lowest BCUT2D eigenvalue weighted by molar-refractivity contribution is -0.384. The van der Waals surface area contributed by atoms with Crippen molar-refractivity contribution in [2.75, 3.05) is 19.0 Å². The third kappa shape index (κ3) is 4.12. The molecule has 1 saturated carbocycles. The number of carbonyl (C=O) groups excluding carboxylic acids is 2. The molecule has 2 aromatic rings. The van der Waals surface area contributed by atoms with Gasteiger partial charge in [-0.05, 0) is 43.5 Å². The number of rotatable bonds is 7. The number of amides is 1. The molecule has 1 amide bonds. The summed E-state index contributed by atoms with van der Waals surface area (Å²) in [6.45, 7) is 2.20. The van der Waals surface area contributed by atoms with Crippen LogP contribution >= 0.6 is 0 Å².